The van der Waals surface area contributed by atoms with E-state index in [9.17, 15) is 4.79 Å². The number of aryl methyl sites for hydroxylation is 1. The van der Waals surface area contributed by atoms with Crippen molar-refractivity contribution in [1.29, 1.82) is 0 Å². The fourth-order valence-electron chi connectivity index (χ4n) is 1.58. The minimum Gasteiger partial charge on any atom is -0.489 e. The molecule has 0 saturated heterocycles. The molecule has 0 saturated carbocycles. The van der Waals surface area contributed by atoms with E-state index in [0.29, 0.717) is 12.2 Å². The molecular formula is C15H14O2. The lowest BCUT2D eigenvalue weighted by molar-refractivity contribution is 0.112. The molecule has 17 heavy (non-hydrogen) atoms. The Morgan fingerprint density at radius 2 is 1.76 bits per heavy atom. The summed E-state index contributed by atoms with van der Waals surface area (Å²) in [7, 11) is 0. The summed E-state index contributed by atoms with van der Waals surface area (Å²) >= 11 is 0. The molecule has 0 fully saturated rings. The van der Waals surface area contributed by atoms with Gasteiger partial charge in [0.05, 0.1) is 0 Å². The number of carbonyl (C=O) groups excluding carboxylic acids is 1. The van der Waals surface area contributed by atoms with Gasteiger partial charge in [-0.15, -0.1) is 0 Å². The topological polar surface area (TPSA) is 26.3 Å². The summed E-state index contributed by atoms with van der Waals surface area (Å²) in [5.41, 5.74) is 2.79. The van der Waals surface area contributed by atoms with Gasteiger partial charge in [-0.3, -0.25) is 4.79 Å². The van der Waals surface area contributed by atoms with Crippen molar-refractivity contribution in [3.8, 4) is 5.75 Å². The Kier molecular flexibility index (Phi) is 3.55. The zero-order valence-corrected chi connectivity index (χ0v) is 9.72. The van der Waals surface area contributed by atoms with E-state index in [1.165, 1.54) is 5.56 Å². The average molecular weight is 226 g/mol. The number of rotatable bonds is 4. The summed E-state index contributed by atoms with van der Waals surface area (Å²) in [4.78, 5) is 10.8. The highest BCUT2D eigenvalue weighted by atomic mass is 16.5. The molecule has 86 valence electrons. The average Bonchev–Trinajstić information content (AvgIpc) is 2.38. The lowest BCUT2D eigenvalue weighted by Gasteiger charge is -2.08. The van der Waals surface area contributed by atoms with Crippen molar-refractivity contribution in [3.63, 3.8) is 0 Å². The lowest BCUT2D eigenvalue weighted by Crippen LogP contribution is -1.99. The van der Waals surface area contributed by atoms with Crippen molar-refractivity contribution < 1.29 is 9.53 Å². The van der Waals surface area contributed by atoms with Crippen LogP contribution in [0.5, 0.6) is 5.75 Å². The van der Waals surface area contributed by atoms with Gasteiger partial charge < -0.3 is 4.74 Å². The molecule has 0 aromatic heterocycles. The molecule has 2 aromatic rings. The number of aldehydes is 1. The largest absolute Gasteiger partial charge is 0.489 e. The zero-order chi connectivity index (χ0) is 12.1. The Morgan fingerprint density at radius 1 is 1.06 bits per heavy atom. The van der Waals surface area contributed by atoms with E-state index >= 15 is 0 Å². The monoisotopic (exact) mass is 226 g/mol. The summed E-state index contributed by atoms with van der Waals surface area (Å²) in [6.45, 7) is 2.45. The van der Waals surface area contributed by atoms with Gasteiger partial charge in [0.25, 0.3) is 0 Å². The quantitative estimate of drug-likeness (QED) is 0.747. The second-order valence-electron chi connectivity index (χ2n) is 3.92. The molecule has 0 spiro atoms. The highest BCUT2D eigenvalue weighted by molar-refractivity contribution is 5.77. The van der Waals surface area contributed by atoms with Crippen LogP contribution in [0.25, 0.3) is 0 Å². The van der Waals surface area contributed by atoms with Crippen LogP contribution in [0.15, 0.2) is 48.5 Å². The Hall–Kier alpha value is -2.09. The lowest BCUT2D eigenvalue weighted by atomic mass is 10.1. The van der Waals surface area contributed by atoms with Crippen LogP contribution in [-0.2, 0) is 6.61 Å². The molecule has 2 aromatic carbocycles. The van der Waals surface area contributed by atoms with Crippen molar-refractivity contribution in [3.05, 3.63) is 65.2 Å². The van der Waals surface area contributed by atoms with Crippen molar-refractivity contribution in [2.45, 2.75) is 13.5 Å². The molecule has 0 radical (unpaired) electrons. The second kappa shape index (κ2) is 5.30. The molecule has 0 aliphatic carbocycles. The van der Waals surface area contributed by atoms with E-state index in [2.05, 4.69) is 0 Å². The van der Waals surface area contributed by atoms with Crippen molar-refractivity contribution in [1.82, 2.24) is 0 Å². The smallest absolute Gasteiger partial charge is 0.150 e. The molecule has 2 heteroatoms. The van der Waals surface area contributed by atoms with E-state index in [-0.39, 0.29) is 0 Å². The SMILES string of the molecule is Cc1ccc(OCc2ccccc2C=O)cc1. The van der Waals surface area contributed by atoms with Crippen LogP contribution in [0, 0.1) is 6.92 Å². The predicted molar refractivity (Wildman–Crippen MR) is 67.3 cm³/mol. The number of hydrogen-bond donors (Lipinski definition) is 0. The molecule has 2 nitrogen and oxygen atoms in total. The maximum atomic E-state index is 10.8. The summed E-state index contributed by atoms with van der Waals surface area (Å²) in [5.74, 6) is 0.816. The maximum absolute atomic E-state index is 10.8. The minimum atomic E-state index is 0.415. The van der Waals surface area contributed by atoms with Gasteiger partial charge in [-0.25, -0.2) is 0 Å². The maximum Gasteiger partial charge on any atom is 0.150 e. The third-order valence-electron chi connectivity index (χ3n) is 2.60. The van der Waals surface area contributed by atoms with Crippen LogP contribution in [0.3, 0.4) is 0 Å². The first-order valence-electron chi connectivity index (χ1n) is 5.52. The van der Waals surface area contributed by atoms with E-state index in [1.807, 2.05) is 49.4 Å². The van der Waals surface area contributed by atoms with Gasteiger partial charge in [-0.1, -0.05) is 42.0 Å². The Balaban J connectivity index is 2.07. The standard InChI is InChI=1S/C15H14O2/c1-12-6-8-15(9-7-12)17-11-14-5-3-2-4-13(14)10-16/h2-10H,11H2,1H3. The first-order valence-corrected chi connectivity index (χ1v) is 5.52. The molecule has 0 bridgehead atoms. The van der Waals surface area contributed by atoms with Crippen molar-refractivity contribution in [2.24, 2.45) is 0 Å². The van der Waals surface area contributed by atoms with E-state index in [1.54, 1.807) is 6.07 Å². The van der Waals surface area contributed by atoms with E-state index in [0.717, 1.165) is 17.6 Å². The molecular weight excluding hydrogens is 212 g/mol. The van der Waals surface area contributed by atoms with E-state index in [4.69, 9.17) is 4.74 Å². The van der Waals surface area contributed by atoms with Crippen LogP contribution >= 0.6 is 0 Å². The summed E-state index contributed by atoms with van der Waals surface area (Å²) in [6, 6.07) is 15.3. The van der Waals surface area contributed by atoms with Gasteiger partial charge in [0.15, 0.2) is 0 Å². The highest BCUT2D eigenvalue weighted by Crippen LogP contribution is 2.15. The Morgan fingerprint density at radius 3 is 2.47 bits per heavy atom. The predicted octanol–water partition coefficient (Wildman–Crippen LogP) is 3.39. The molecule has 0 N–H and O–H groups in total. The number of hydrogen-bond acceptors (Lipinski definition) is 2. The molecule has 0 aliphatic rings. The first-order chi connectivity index (χ1) is 8.29. The van der Waals surface area contributed by atoms with Gasteiger partial charge in [0.1, 0.15) is 18.6 Å². The summed E-state index contributed by atoms with van der Waals surface area (Å²) in [5, 5.41) is 0. The van der Waals surface area contributed by atoms with Gasteiger partial charge in [0, 0.05) is 5.56 Å². The van der Waals surface area contributed by atoms with Crippen LogP contribution in [0.4, 0.5) is 0 Å². The molecule has 0 amide bonds. The summed E-state index contributed by atoms with van der Waals surface area (Å²) < 4.78 is 5.63. The van der Waals surface area contributed by atoms with Crippen LogP contribution in [0.2, 0.25) is 0 Å². The van der Waals surface area contributed by atoms with Crippen LogP contribution in [0.1, 0.15) is 21.5 Å². The van der Waals surface area contributed by atoms with Gasteiger partial charge in [-0.2, -0.15) is 0 Å². The Labute approximate surface area is 101 Å². The molecule has 0 aliphatic heterocycles. The van der Waals surface area contributed by atoms with Crippen LogP contribution < -0.4 is 4.74 Å². The van der Waals surface area contributed by atoms with Gasteiger partial charge in [-0.05, 0) is 24.6 Å². The third-order valence-corrected chi connectivity index (χ3v) is 2.60. The molecule has 0 heterocycles. The fourth-order valence-corrected chi connectivity index (χ4v) is 1.58. The number of carbonyl (C=O) groups is 1. The first kappa shape index (κ1) is 11.4. The molecule has 0 atom stereocenters. The van der Waals surface area contributed by atoms with Crippen molar-refractivity contribution in [2.75, 3.05) is 0 Å². The molecule has 2 rings (SSSR count). The van der Waals surface area contributed by atoms with E-state index < -0.39 is 0 Å². The van der Waals surface area contributed by atoms with Crippen molar-refractivity contribution >= 4 is 6.29 Å². The third kappa shape index (κ3) is 2.94. The minimum absolute atomic E-state index is 0.415. The zero-order valence-electron chi connectivity index (χ0n) is 9.72. The Bertz CT molecular complexity index is 501. The second-order valence-corrected chi connectivity index (χ2v) is 3.92. The number of benzene rings is 2. The van der Waals surface area contributed by atoms with Gasteiger partial charge in [0.2, 0.25) is 0 Å². The fraction of sp³-hybridized carbons (Fsp3) is 0.133. The van der Waals surface area contributed by atoms with Gasteiger partial charge >= 0.3 is 0 Å². The summed E-state index contributed by atoms with van der Waals surface area (Å²) in [6.07, 6.45) is 0.855. The van der Waals surface area contributed by atoms with Crippen LogP contribution in [-0.4, -0.2) is 6.29 Å². The molecule has 0 unspecified atom stereocenters. The normalized spacial score (nSPS) is 9.94. The highest BCUT2D eigenvalue weighted by Gasteiger charge is 2.01. The number of ether oxygens (including phenoxy) is 1.